The molecule has 0 aliphatic rings. The lowest BCUT2D eigenvalue weighted by Crippen LogP contribution is -2.20. The van der Waals surface area contributed by atoms with Gasteiger partial charge in [0.05, 0.1) is 25.1 Å². The van der Waals surface area contributed by atoms with E-state index in [9.17, 15) is 8.42 Å². The number of aromatic nitrogens is 2. The number of aryl methyl sites for hydroxylation is 2. The van der Waals surface area contributed by atoms with Gasteiger partial charge in [0.25, 0.3) is 0 Å². The molecule has 7 heteroatoms. The molecule has 0 aliphatic carbocycles. The lowest BCUT2D eigenvalue weighted by Gasteiger charge is -2.03. The van der Waals surface area contributed by atoms with Crippen LogP contribution in [-0.2, 0) is 27.5 Å². The van der Waals surface area contributed by atoms with Crippen molar-refractivity contribution in [2.75, 3.05) is 38.3 Å². The van der Waals surface area contributed by atoms with Crippen molar-refractivity contribution in [3.05, 3.63) is 18.0 Å². The SMILES string of the molecule is CCS(=O)(=O)CCn1cc(CCCNCCOC)cn1. The van der Waals surface area contributed by atoms with Crippen molar-refractivity contribution in [1.82, 2.24) is 15.1 Å². The summed E-state index contributed by atoms with van der Waals surface area (Å²) in [5.74, 6) is 0.345. The fourth-order valence-electron chi connectivity index (χ4n) is 1.75. The number of rotatable bonds is 11. The summed E-state index contributed by atoms with van der Waals surface area (Å²) >= 11 is 0. The van der Waals surface area contributed by atoms with Gasteiger partial charge in [-0.3, -0.25) is 4.68 Å². The van der Waals surface area contributed by atoms with Crippen LogP contribution < -0.4 is 5.32 Å². The van der Waals surface area contributed by atoms with Crippen LogP contribution in [-0.4, -0.2) is 56.5 Å². The smallest absolute Gasteiger partial charge is 0.151 e. The van der Waals surface area contributed by atoms with E-state index in [4.69, 9.17) is 4.74 Å². The molecular formula is C13H25N3O3S. The van der Waals surface area contributed by atoms with E-state index in [1.54, 1.807) is 18.7 Å². The zero-order chi connectivity index (χ0) is 14.8. The number of hydrogen-bond donors (Lipinski definition) is 1. The average Bonchev–Trinajstić information content (AvgIpc) is 2.89. The quantitative estimate of drug-likeness (QED) is 0.602. The highest BCUT2D eigenvalue weighted by Gasteiger charge is 2.08. The largest absolute Gasteiger partial charge is 0.383 e. The molecule has 0 amide bonds. The summed E-state index contributed by atoms with van der Waals surface area (Å²) < 4.78 is 29.5. The monoisotopic (exact) mass is 303 g/mol. The van der Waals surface area contributed by atoms with E-state index in [2.05, 4.69) is 10.4 Å². The molecule has 0 atom stereocenters. The summed E-state index contributed by atoms with van der Waals surface area (Å²) in [7, 11) is -1.23. The van der Waals surface area contributed by atoms with Crippen LogP contribution in [0.2, 0.25) is 0 Å². The maximum Gasteiger partial charge on any atom is 0.151 e. The van der Waals surface area contributed by atoms with Crippen LogP contribution in [0.1, 0.15) is 18.9 Å². The number of nitrogens with one attached hydrogen (secondary N) is 1. The van der Waals surface area contributed by atoms with Crippen LogP contribution in [0.4, 0.5) is 0 Å². The van der Waals surface area contributed by atoms with Crippen molar-refractivity contribution in [1.29, 1.82) is 0 Å². The topological polar surface area (TPSA) is 73.2 Å². The zero-order valence-electron chi connectivity index (χ0n) is 12.3. The van der Waals surface area contributed by atoms with Crippen molar-refractivity contribution in [3.8, 4) is 0 Å². The fourth-order valence-corrected chi connectivity index (χ4v) is 2.51. The van der Waals surface area contributed by atoms with Crippen molar-refractivity contribution in [2.24, 2.45) is 0 Å². The molecule has 0 spiro atoms. The van der Waals surface area contributed by atoms with Crippen LogP contribution in [0.3, 0.4) is 0 Å². The van der Waals surface area contributed by atoms with E-state index in [-0.39, 0.29) is 11.5 Å². The predicted octanol–water partition coefficient (Wildman–Crippen LogP) is 0.486. The van der Waals surface area contributed by atoms with Crippen molar-refractivity contribution in [3.63, 3.8) is 0 Å². The van der Waals surface area contributed by atoms with Crippen LogP contribution in [0, 0.1) is 0 Å². The van der Waals surface area contributed by atoms with Gasteiger partial charge in [-0.15, -0.1) is 0 Å². The molecule has 1 rings (SSSR count). The molecule has 116 valence electrons. The molecule has 20 heavy (non-hydrogen) atoms. The number of methoxy groups -OCH3 is 1. The maximum absolute atomic E-state index is 11.4. The van der Waals surface area contributed by atoms with Gasteiger partial charge in [0.2, 0.25) is 0 Å². The Morgan fingerprint density at radius 1 is 1.40 bits per heavy atom. The predicted molar refractivity (Wildman–Crippen MR) is 79.6 cm³/mol. The molecular weight excluding hydrogens is 278 g/mol. The first kappa shape index (κ1) is 17.1. The lowest BCUT2D eigenvalue weighted by molar-refractivity contribution is 0.199. The lowest BCUT2D eigenvalue weighted by atomic mass is 10.2. The highest BCUT2D eigenvalue weighted by molar-refractivity contribution is 7.91. The average molecular weight is 303 g/mol. The molecule has 1 aromatic rings. The third-order valence-electron chi connectivity index (χ3n) is 3.06. The summed E-state index contributed by atoms with van der Waals surface area (Å²) in [6.07, 6.45) is 5.72. The first-order chi connectivity index (χ1) is 9.57. The minimum absolute atomic E-state index is 0.156. The molecule has 0 unspecified atom stereocenters. The van der Waals surface area contributed by atoms with E-state index in [0.717, 1.165) is 38.1 Å². The second-order valence-corrected chi connectivity index (χ2v) is 7.17. The molecule has 0 radical (unpaired) electrons. The maximum atomic E-state index is 11.4. The van der Waals surface area contributed by atoms with Crippen LogP contribution in [0.5, 0.6) is 0 Å². The Bertz CT molecular complexity index is 471. The Balaban J connectivity index is 2.22. The van der Waals surface area contributed by atoms with E-state index < -0.39 is 9.84 Å². The first-order valence-electron chi connectivity index (χ1n) is 6.99. The van der Waals surface area contributed by atoms with Crippen LogP contribution in [0.25, 0.3) is 0 Å². The van der Waals surface area contributed by atoms with Gasteiger partial charge in [-0.2, -0.15) is 5.10 Å². The molecule has 1 aromatic heterocycles. The standard InChI is InChI=1S/C13H25N3O3S/c1-3-20(17,18)10-8-16-12-13(11-15-16)5-4-6-14-7-9-19-2/h11-12,14H,3-10H2,1-2H3. The Morgan fingerprint density at radius 2 is 2.20 bits per heavy atom. The highest BCUT2D eigenvalue weighted by Crippen LogP contribution is 2.02. The Labute approximate surface area is 121 Å². The number of ether oxygens (including phenoxy) is 1. The van der Waals surface area contributed by atoms with E-state index in [0.29, 0.717) is 6.54 Å². The molecule has 0 saturated heterocycles. The Morgan fingerprint density at radius 3 is 2.90 bits per heavy atom. The van der Waals surface area contributed by atoms with Crippen molar-refractivity contribution >= 4 is 9.84 Å². The van der Waals surface area contributed by atoms with Gasteiger partial charge in [-0.1, -0.05) is 6.92 Å². The Hall–Kier alpha value is -0.920. The second kappa shape index (κ2) is 9.10. The van der Waals surface area contributed by atoms with Gasteiger partial charge >= 0.3 is 0 Å². The summed E-state index contributed by atoms with van der Waals surface area (Å²) in [6.45, 7) is 4.63. The summed E-state index contributed by atoms with van der Waals surface area (Å²) in [4.78, 5) is 0. The van der Waals surface area contributed by atoms with Gasteiger partial charge in [0.1, 0.15) is 0 Å². The normalized spacial score (nSPS) is 11.9. The molecule has 6 nitrogen and oxygen atoms in total. The van der Waals surface area contributed by atoms with Crippen LogP contribution >= 0.6 is 0 Å². The van der Waals surface area contributed by atoms with E-state index >= 15 is 0 Å². The number of sulfone groups is 1. The summed E-state index contributed by atoms with van der Waals surface area (Å²) in [6, 6.07) is 0. The molecule has 0 bridgehead atoms. The molecule has 0 aromatic carbocycles. The van der Waals surface area contributed by atoms with Crippen LogP contribution in [0.15, 0.2) is 12.4 Å². The molecule has 0 saturated carbocycles. The van der Waals surface area contributed by atoms with Gasteiger partial charge in [0, 0.05) is 25.6 Å². The fraction of sp³-hybridized carbons (Fsp3) is 0.769. The minimum atomic E-state index is -2.92. The highest BCUT2D eigenvalue weighted by atomic mass is 32.2. The van der Waals surface area contributed by atoms with Gasteiger partial charge in [-0.25, -0.2) is 8.42 Å². The minimum Gasteiger partial charge on any atom is -0.383 e. The van der Waals surface area contributed by atoms with E-state index in [1.807, 2.05) is 12.4 Å². The van der Waals surface area contributed by atoms with Gasteiger partial charge in [-0.05, 0) is 24.9 Å². The first-order valence-corrected chi connectivity index (χ1v) is 8.81. The number of hydrogen-bond acceptors (Lipinski definition) is 5. The van der Waals surface area contributed by atoms with Crippen molar-refractivity contribution in [2.45, 2.75) is 26.3 Å². The number of nitrogens with zero attached hydrogens (tertiary/aromatic N) is 2. The van der Waals surface area contributed by atoms with Crippen molar-refractivity contribution < 1.29 is 13.2 Å². The zero-order valence-corrected chi connectivity index (χ0v) is 13.2. The summed E-state index contributed by atoms with van der Waals surface area (Å²) in [5.41, 5.74) is 1.15. The van der Waals surface area contributed by atoms with E-state index in [1.165, 1.54) is 0 Å². The molecule has 0 fully saturated rings. The molecule has 1 N–H and O–H groups in total. The van der Waals surface area contributed by atoms with Gasteiger partial charge < -0.3 is 10.1 Å². The molecule has 0 aliphatic heterocycles. The Kier molecular flexibility index (Phi) is 7.79. The second-order valence-electron chi connectivity index (χ2n) is 4.69. The third kappa shape index (κ3) is 7.02. The third-order valence-corrected chi connectivity index (χ3v) is 4.74. The summed E-state index contributed by atoms with van der Waals surface area (Å²) in [5, 5.41) is 7.48. The molecule has 1 heterocycles. The van der Waals surface area contributed by atoms with Gasteiger partial charge in [0.15, 0.2) is 9.84 Å².